The second-order valence-electron chi connectivity index (χ2n) is 6.74. The molecule has 1 heterocycles. The third-order valence-corrected chi connectivity index (χ3v) is 5.23. The normalized spacial score (nSPS) is 18.2. The first-order valence-corrected chi connectivity index (χ1v) is 8.88. The van der Waals surface area contributed by atoms with Crippen LogP contribution < -0.4 is 5.32 Å². The molecule has 1 atom stereocenters. The fourth-order valence-electron chi connectivity index (χ4n) is 3.86. The highest BCUT2D eigenvalue weighted by Gasteiger charge is 2.22. The molecule has 0 saturated heterocycles. The molecule has 0 spiro atoms. The molecule has 0 aromatic heterocycles. The first kappa shape index (κ1) is 15.9. The summed E-state index contributed by atoms with van der Waals surface area (Å²) >= 11 is 0. The number of ether oxygens (including phenoxy) is 1. The van der Waals surface area contributed by atoms with Gasteiger partial charge in [0.05, 0.1) is 12.2 Å². The van der Waals surface area contributed by atoms with Crippen LogP contribution in [-0.2, 0) is 17.6 Å². The first-order chi connectivity index (χ1) is 12.2. The van der Waals surface area contributed by atoms with Crippen molar-refractivity contribution in [3.8, 4) is 0 Å². The molecule has 2 aromatic carbocycles. The molecule has 1 amide bonds. The minimum atomic E-state index is -0.335. The molecule has 2 aromatic rings. The molecular formula is C21H21NO3. The molecule has 1 aliphatic heterocycles. The summed E-state index contributed by atoms with van der Waals surface area (Å²) in [6, 6.07) is 13.9. The molecule has 1 unspecified atom stereocenters. The van der Waals surface area contributed by atoms with E-state index in [-0.39, 0.29) is 11.9 Å². The number of nitrogens with one attached hydrogen (secondary N) is 1. The number of rotatable bonds is 4. The fourth-order valence-corrected chi connectivity index (χ4v) is 3.86. The van der Waals surface area contributed by atoms with Crippen LogP contribution in [-0.4, -0.2) is 25.0 Å². The van der Waals surface area contributed by atoms with Crippen LogP contribution in [0.1, 0.15) is 56.2 Å². The fraction of sp³-hybridized carbons (Fsp3) is 0.333. The number of cyclic esters (lactones) is 1. The van der Waals surface area contributed by atoms with Gasteiger partial charge < -0.3 is 10.1 Å². The lowest BCUT2D eigenvalue weighted by atomic mass is 9.97. The van der Waals surface area contributed by atoms with Crippen LogP contribution in [0.3, 0.4) is 0 Å². The number of aryl methyl sites for hydroxylation is 1. The Morgan fingerprint density at radius 1 is 1.12 bits per heavy atom. The van der Waals surface area contributed by atoms with E-state index in [0.29, 0.717) is 36.6 Å². The van der Waals surface area contributed by atoms with Gasteiger partial charge in [0.25, 0.3) is 5.91 Å². The van der Waals surface area contributed by atoms with Crippen LogP contribution in [0.2, 0.25) is 0 Å². The van der Waals surface area contributed by atoms with Gasteiger partial charge in [-0.25, -0.2) is 4.79 Å². The average molecular weight is 335 g/mol. The Morgan fingerprint density at radius 3 is 2.92 bits per heavy atom. The van der Waals surface area contributed by atoms with Gasteiger partial charge in [-0.3, -0.25) is 4.79 Å². The number of hydrogen-bond donors (Lipinski definition) is 1. The van der Waals surface area contributed by atoms with Crippen molar-refractivity contribution < 1.29 is 14.3 Å². The average Bonchev–Trinajstić information content (AvgIpc) is 3.05. The van der Waals surface area contributed by atoms with Crippen molar-refractivity contribution in [1.82, 2.24) is 5.32 Å². The predicted octanol–water partition coefficient (Wildman–Crippen LogP) is 3.25. The summed E-state index contributed by atoms with van der Waals surface area (Å²) in [5.74, 6) is 0.0564. The molecule has 4 rings (SSSR count). The molecule has 4 heteroatoms. The van der Waals surface area contributed by atoms with E-state index in [2.05, 4.69) is 29.6 Å². The summed E-state index contributed by atoms with van der Waals surface area (Å²) in [7, 11) is 0. The lowest BCUT2D eigenvalue weighted by molar-refractivity contribution is 0.0480. The molecule has 4 nitrogen and oxygen atoms in total. The smallest absolute Gasteiger partial charge is 0.338 e. The highest BCUT2D eigenvalue weighted by molar-refractivity contribution is 5.99. The van der Waals surface area contributed by atoms with E-state index in [1.165, 1.54) is 11.1 Å². The number of benzene rings is 2. The Kier molecular flexibility index (Phi) is 4.26. The molecule has 25 heavy (non-hydrogen) atoms. The van der Waals surface area contributed by atoms with Crippen LogP contribution >= 0.6 is 0 Å². The Labute approximate surface area is 147 Å². The van der Waals surface area contributed by atoms with Crippen molar-refractivity contribution in [3.05, 3.63) is 70.3 Å². The van der Waals surface area contributed by atoms with Gasteiger partial charge in [0.15, 0.2) is 0 Å². The number of fused-ring (bicyclic) bond motifs is 2. The Balaban J connectivity index is 1.37. The third-order valence-electron chi connectivity index (χ3n) is 5.23. The van der Waals surface area contributed by atoms with Gasteiger partial charge in [0.1, 0.15) is 0 Å². The van der Waals surface area contributed by atoms with Crippen LogP contribution in [0.25, 0.3) is 0 Å². The van der Waals surface area contributed by atoms with Crippen molar-refractivity contribution in [2.75, 3.05) is 13.2 Å². The lowest BCUT2D eigenvalue weighted by Crippen LogP contribution is -2.26. The second-order valence-corrected chi connectivity index (χ2v) is 6.74. The largest absolute Gasteiger partial charge is 0.462 e. The van der Waals surface area contributed by atoms with Gasteiger partial charge in [0.2, 0.25) is 0 Å². The number of carbonyl (C=O) groups is 2. The molecule has 2 aliphatic rings. The van der Waals surface area contributed by atoms with Crippen molar-refractivity contribution in [2.24, 2.45) is 0 Å². The van der Waals surface area contributed by atoms with Crippen molar-refractivity contribution in [1.29, 1.82) is 0 Å². The topological polar surface area (TPSA) is 55.4 Å². The summed E-state index contributed by atoms with van der Waals surface area (Å²) in [6.07, 6.45) is 3.93. The molecule has 1 aliphatic carbocycles. The lowest BCUT2D eigenvalue weighted by Gasteiger charge is -2.16. The zero-order valence-electron chi connectivity index (χ0n) is 14.1. The summed E-state index contributed by atoms with van der Waals surface area (Å²) < 4.78 is 5.05. The van der Waals surface area contributed by atoms with E-state index < -0.39 is 0 Å². The third kappa shape index (κ3) is 3.16. The van der Waals surface area contributed by atoms with Gasteiger partial charge in [-0.15, -0.1) is 0 Å². The molecule has 0 bridgehead atoms. The van der Waals surface area contributed by atoms with Gasteiger partial charge in [-0.2, -0.15) is 0 Å². The van der Waals surface area contributed by atoms with Crippen molar-refractivity contribution >= 4 is 11.9 Å². The number of carbonyl (C=O) groups excluding carboxylic acids is 2. The second kappa shape index (κ2) is 6.71. The summed E-state index contributed by atoms with van der Waals surface area (Å²) in [5.41, 5.74) is 4.85. The number of amides is 1. The zero-order chi connectivity index (χ0) is 17.2. The molecule has 1 N–H and O–H groups in total. The molecular weight excluding hydrogens is 314 g/mol. The zero-order valence-corrected chi connectivity index (χ0v) is 14.1. The van der Waals surface area contributed by atoms with Gasteiger partial charge in [-0.1, -0.05) is 30.3 Å². The van der Waals surface area contributed by atoms with Crippen molar-refractivity contribution in [3.63, 3.8) is 0 Å². The molecule has 0 fully saturated rings. The van der Waals surface area contributed by atoms with E-state index in [9.17, 15) is 9.59 Å². The van der Waals surface area contributed by atoms with Gasteiger partial charge in [0, 0.05) is 18.5 Å². The van der Waals surface area contributed by atoms with Crippen LogP contribution in [0, 0.1) is 0 Å². The highest BCUT2D eigenvalue weighted by Crippen LogP contribution is 2.34. The van der Waals surface area contributed by atoms with E-state index in [1.807, 2.05) is 6.07 Å². The standard InChI is InChI=1S/C21H21NO3/c23-20(17-8-7-16-10-12-25-21(24)19(16)13-17)22-11-9-15-6-5-14-3-1-2-4-18(14)15/h1-4,7-8,13,15H,5-6,9-12H2,(H,22,23). The van der Waals surface area contributed by atoms with Gasteiger partial charge >= 0.3 is 5.97 Å². The van der Waals surface area contributed by atoms with E-state index in [1.54, 1.807) is 12.1 Å². The minimum Gasteiger partial charge on any atom is -0.462 e. The number of esters is 1. The Hall–Kier alpha value is -2.62. The van der Waals surface area contributed by atoms with E-state index in [4.69, 9.17) is 4.74 Å². The first-order valence-electron chi connectivity index (χ1n) is 8.88. The van der Waals surface area contributed by atoms with E-state index >= 15 is 0 Å². The molecule has 128 valence electrons. The van der Waals surface area contributed by atoms with Crippen molar-refractivity contribution in [2.45, 2.75) is 31.6 Å². The summed E-state index contributed by atoms with van der Waals surface area (Å²) in [6.45, 7) is 1.06. The molecule has 0 radical (unpaired) electrons. The number of hydrogen-bond acceptors (Lipinski definition) is 3. The highest BCUT2D eigenvalue weighted by atomic mass is 16.5. The maximum absolute atomic E-state index is 12.4. The van der Waals surface area contributed by atoms with E-state index in [0.717, 1.165) is 24.8 Å². The van der Waals surface area contributed by atoms with Gasteiger partial charge in [-0.05, 0) is 54.0 Å². The Morgan fingerprint density at radius 2 is 2.00 bits per heavy atom. The van der Waals surface area contributed by atoms with Crippen LogP contribution in [0.15, 0.2) is 42.5 Å². The quantitative estimate of drug-likeness (QED) is 0.873. The molecule has 0 saturated carbocycles. The predicted molar refractivity (Wildman–Crippen MR) is 94.9 cm³/mol. The summed E-state index contributed by atoms with van der Waals surface area (Å²) in [5, 5.41) is 2.99. The monoisotopic (exact) mass is 335 g/mol. The SMILES string of the molecule is O=C(NCCC1CCc2ccccc21)c1ccc2c(c1)C(=O)OCC2. The Bertz CT molecular complexity index is 828. The maximum atomic E-state index is 12.4. The van der Waals surface area contributed by atoms with Crippen LogP contribution in [0.4, 0.5) is 0 Å². The van der Waals surface area contributed by atoms with Crippen LogP contribution in [0.5, 0.6) is 0 Å². The minimum absolute atomic E-state index is 0.132. The maximum Gasteiger partial charge on any atom is 0.338 e. The summed E-state index contributed by atoms with van der Waals surface area (Å²) in [4.78, 5) is 24.2.